The summed E-state index contributed by atoms with van der Waals surface area (Å²) >= 11 is 0. The minimum absolute atomic E-state index is 0.0599. The number of amides is 1. The Morgan fingerprint density at radius 1 is 1.44 bits per heavy atom. The topological polar surface area (TPSA) is 78.9 Å². The predicted octanol–water partition coefficient (Wildman–Crippen LogP) is 1.41. The van der Waals surface area contributed by atoms with Gasteiger partial charge in [0.25, 0.3) is 0 Å². The summed E-state index contributed by atoms with van der Waals surface area (Å²) < 4.78 is 0. The van der Waals surface area contributed by atoms with Crippen molar-refractivity contribution in [1.29, 1.82) is 0 Å². The van der Waals surface area contributed by atoms with Crippen LogP contribution in [-0.2, 0) is 4.79 Å². The summed E-state index contributed by atoms with van der Waals surface area (Å²) in [5.74, 6) is -0.188. The quantitative estimate of drug-likeness (QED) is 0.324. The second-order valence-corrected chi connectivity index (χ2v) is 4.50. The van der Waals surface area contributed by atoms with Gasteiger partial charge < -0.3 is 15.8 Å². The first-order valence-electron chi connectivity index (χ1n) is 5.58. The highest BCUT2D eigenvalue weighted by Gasteiger charge is 2.36. The largest absolute Gasteiger partial charge is 0.409 e. The van der Waals surface area contributed by atoms with E-state index in [1.54, 1.807) is 25.8 Å². The summed E-state index contributed by atoms with van der Waals surface area (Å²) in [7, 11) is 1.76. The number of carbonyl (C=O) groups is 1. The third-order valence-electron chi connectivity index (χ3n) is 3.09. The van der Waals surface area contributed by atoms with Crippen LogP contribution in [0.15, 0.2) is 5.16 Å². The van der Waals surface area contributed by atoms with E-state index < -0.39 is 5.41 Å². The van der Waals surface area contributed by atoms with Crippen LogP contribution >= 0.6 is 0 Å². The smallest absolute Gasteiger partial charge is 0.235 e. The fourth-order valence-corrected chi connectivity index (χ4v) is 1.68. The normalized spacial score (nSPS) is 13.0. The molecule has 0 radical (unpaired) electrons. The van der Waals surface area contributed by atoms with E-state index in [1.165, 1.54) is 0 Å². The van der Waals surface area contributed by atoms with Crippen LogP contribution in [0.4, 0.5) is 0 Å². The van der Waals surface area contributed by atoms with Crippen molar-refractivity contribution >= 4 is 11.7 Å². The minimum Gasteiger partial charge on any atom is -0.409 e. The summed E-state index contributed by atoms with van der Waals surface area (Å²) in [5, 5.41) is 11.6. The van der Waals surface area contributed by atoms with Gasteiger partial charge in [0.15, 0.2) is 5.84 Å². The molecule has 0 aliphatic rings. The Balaban J connectivity index is 4.92. The van der Waals surface area contributed by atoms with Crippen molar-refractivity contribution in [2.75, 3.05) is 7.05 Å². The van der Waals surface area contributed by atoms with E-state index >= 15 is 0 Å². The molecule has 0 aliphatic carbocycles. The Labute approximate surface area is 97.3 Å². The average Bonchev–Trinajstić information content (AvgIpc) is 2.28. The first kappa shape index (κ1) is 14.7. The molecule has 0 atom stereocenters. The lowest BCUT2D eigenvalue weighted by Crippen LogP contribution is -2.49. The highest BCUT2D eigenvalue weighted by molar-refractivity contribution is 6.05. The predicted molar refractivity (Wildman–Crippen MR) is 64.3 cm³/mol. The molecule has 0 fully saturated rings. The van der Waals surface area contributed by atoms with E-state index in [9.17, 15) is 4.79 Å². The van der Waals surface area contributed by atoms with Crippen LogP contribution in [0.5, 0.6) is 0 Å². The van der Waals surface area contributed by atoms with Crippen molar-refractivity contribution in [2.45, 2.75) is 46.6 Å². The van der Waals surface area contributed by atoms with Crippen LogP contribution in [0.2, 0.25) is 0 Å². The maximum absolute atomic E-state index is 12.2. The van der Waals surface area contributed by atoms with Crippen LogP contribution in [0.25, 0.3) is 0 Å². The van der Waals surface area contributed by atoms with Gasteiger partial charge in [-0.05, 0) is 26.7 Å². The van der Waals surface area contributed by atoms with Gasteiger partial charge in [0.2, 0.25) is 5.91 Å². The van der Waals surface area contributed by atoms with Crippen LogP contribution in [0.3, 0.4) is 0 Å². The number of hydrogen-bond acceptors (Lipinski definition) is 3. The molecule has 0 bridgehead atoms. The standard InChI is InChI=1S/C11H23N3O2/c1-6-8(7-2)14(5)10(15)11(3,4)9(12)13-16/h8,16H,6-7H2,1-5H3,(H2,12,13). The maximum Gasteiger partial charge on any atom is 0.235 e. The van der Waals surface area contributed by atoms with Crippen molar-refractivity contribution in [3.63, 3.8) is 0 Å². The lowest BCUT2D eigenvalue weighted by Gasteiger charge is -2.33. The molecule has 0 saturated heterocycles. The molecular weight excluding hydrogens is 206 g/mol. The first-order valence-corrected chi connectivity index (χ1v) is 5.58. The maximum atomic E-state index is 12.2. The van der Waals surface area contributed by atoms with Crippen LogP contribution in [0.1, 0.15) is 40.5 Å². The van der Waals surface area contributed by atoms with Gasteiger partial charge in [-0.15, -0.1) is 0 Å². The zero-order valence-corrected chi connectivity index (χ0v) is 10.8. The van der Waals surface area contributed by atoms with Crippen molar-refractivity contribution < 1.29 is 10.0 Å². The molecule has 94 valence electrons. The molecule has 16 heavy (non-hydrogen) atoms. The molecule has 0 heterocycles. The zero-order chi connectivity index (χ0) is 12.9. The van der Waals surface area contributed by atoms with E-state index in [1.807, 2.05) is 13.8 Å². The number of carbonyl (C=O) groups excluding carboxylic acids is 1. The molecule has 0 rings (SSSR count). The summed E-state index contributed by atoms with van der Waals surface area (Å²) in [6.07, 6.45) is 1.79. The number of nitrogens with zero attached hydrogens (tertiary/aromatic N) is 2. The first-order chi connectivity index (χ1) is 7.32. The Morgan fingerprint density at radius 3 is 2.19 bits per heavy atom. The molecule has 0 aromatic heterocycles. The lowest BCUT2D eigenvalue weighted by atomic mass is 9.89. The molecule has 0 unspecified atom stereocenters. The molecule has 0 spiro atoms. The number of nitrogens with two attached hydrogens (primary N) is 1. The highest BCUT2D eigenvalue weighted by atomic mass is 16.4. The van der Waals surface area contributed by atoms with Crippen LogP contribution in [0, 0.1) is 5.41 Å². The van der Waals surface area contributed by atoms with Crippen molar-refractivity contribution in [3.05, 3.63) is 0 Å². The van der Waals surface area contributed by atoms with Gasteiger partial charge in [-0.2, -0.15) is 0 Å². The van der Waals surface area contributed by atoms with Crippen LogP contribution < -0.4 is 5.73 Å². The minimum atomic E-state index is -0.966. The van der Waals surface area contributed by atoms with Gasteiger partial charge in [-0.1, -0.05) is 19.0 Å². The number of oxime groups is 1. The van der Waals surface area contributed by atoms with E-state index in [-0.39, 0.29) is 17.8 Å². The fourth-order valence-electron chi connectivity index (χ4n) is 1.68. The SMILES string of the molecule is CCC(CC)N(C)C(=O)C(C)(C)C(N)=NO. The van der Waals surface area contributed by atoms with Gasteiger partial charge in [0, 0.05) is 13.1 Å². The van der Waals surface area contributed by atoms with Gasteiger partial charge in [-0.25, -0.2) is 0 Å². The van der Waals surface area contributed by atoms with Gasteiger partial charge in [0.1, 0.15) is 5.41 Å². The second-order valence-electron chi connectivity index (χ2n) is 4.50. The molecular formula is C11H23N3O2. The molecule has 0 aromatic carbocycles. The molecule has 1 amide bonds. The molecule has 0 aliphatic heterocycles. The third kappa shape index (κ3) is 2.87. The summed E-state index contributed by atoms with van der Waals surface area (Å²) in [6, 6.07) is 0.193. The second kappa shape index (κ2) is 5.72. The van der Waals surface area contributed by atoms with Gasteiger partial charge in [-0.3, -0.25) is 4.79 Å². The lowest BCUT2D eigenvalue weighted by molar-refractivity contribution is -0.138. The Morgan fingerprint density at radius 2 is 1.88 bits per heavy atom. The number of amidine groups is 1. The van der Waals surface area contributed by atoms with Gasteiger partial charge >= 0.3 is 0 Å². The van der Waals surface area contributed by atoms with Gasteiger partial charge in [0.05, 0.1) is 0 Å². The Hall–Kier alpha value is -1.26. The van der Waals surface area contributed by atoms with E-state index in [4.69, 9.17) is 10.9 Å². The average molecular weight is 229 g/mol. The van der Waals surface area contributed by atoms with E-state index in [0.717, 1.165) is 12.8 Å². The number of hydrogen-bond donors (Lipinski definition) is 2. The Kier molecular flexibility index (Phi) is 5.27. The molecule has 3 N–H and O–H groups in total. The van der Waals surface area contributed by atoms with Crippen molar-refractivity contribution in [3.8, 4) is 0 Å². The summed E-state index contributed by atoms with van der Waals surface area (Å²) in [6.45, 7) is 7.38. The van der Waals surface area contributed by atoms with Crippen LogP contribution in [-0.4, -0.2) is 34.9 Å². The zero-order valence-electron chi connectivity index (χ0n) is 10.8. The highest BCUT2D eigenvalue weighted by Crippen LogP contribution is 2.21. The van der Waals surface area contributed by atoms with E-state index in [2.05, 4.69) is 5.16 Å². The van der Waals surface area contributed by atoms with Crippen molar-refractivity contribution in [2.24, 2.45) is 16.3 Å². The molecule has 5 heteroatoms. The molecule has 0 saturated carbocycles. The summed E-state index contributed by atoms with van der Waals surface area (Å²) in [5.41, 5.74) is 4.56. The monoisotopic (exact) mass is 229 g/mol. The van der Waals surface area contributed by atoms with Crippen molar-refractivity contribution in [1.82, 2.24) is 4.90 Å². The van der Waals surface area contributed by atoms with E-state index in [0.29, 0.717) is 0 Å². The molecule has 0 aromatic rings. The fraction of sp³-hybridized carbons (Fsp3) is 0.818. The Bertz CT molecular complexity index is 270. The number of rotatable bonds is 5. The third-order valence-corrected chi connectivity index (χ3v) is 3.09. The molecule has 5 nitrogen and oxygen atoms in total. The summed E-state index contributed by atoms with van der Waals surface area (Å²) in [4.78, 5) is 13.9.